The molecule has 0 aliphatic rings. The molecule has 0 aliphatic carbocycles. The summed E-state index contributed by atoms with van der Waals surface area (Å²) < 4.78 is 0. The molecule has 14 heavy (non-hydrogen) atoms. The van der Waals surface area contributed by atoms with Crippen molar-refractivity contribution in [3.63, 3.8) is 0 Å². The predicted molar refractivity (Wildman–Crippen MR) is 50.0 cm³/mol. The molecular weight excluding hydrogens is 180 g/mol. The van der Waals surface area contributed by atoms with E-state index in [4.69, 9.17) is 10.4 Å². The number of carbonyl (C=O) groups is 1. The van der Waals surface area contributed by atoms with Crippen LogP contribution in [0.25, 0.3) is 10.9 Å². The van der Waals surface area contributed by atoms with Crippen molar-refractivity contribution in [2.24, 2.45) is 0 Å². The van der Waals surface area contributed by atoms with Crippen molar-refractivity contribution in [3.05, 3.63) is 35.5 Å². The van der Waals surface area contributed by atoms with Crippen LogP contribution in [0.4, 0.5) is 0 Å². The van der Waals surface area contributed by atoms with Gasteiger partial charge in [0.25, 0.3) is 0 Å². The van der Waals surface area contributed by atoms with Crippen LogP contribution < -0.4 is 0 Å². The highest BCUT2D eigenvalue weighted by Crippen LogP contribution is 2.19. The van der Waals surface area contributed by atoms with Crippen molar-refractivity contribution in [3.8, 4) is 6.07 Å². The summed E-state index contributed by atoms with van der Waals surface area (Å²) in [5.74, 6) is -1.02. The molecule has 4 heteroatoms. The molecule has 0 unspecified atom stereocenters. The summed E-state index contributed by atoms with van der Waals surface area (Å²) in [7, 11) is 0. The number of aromatic nitrogens is 1. The molecule has 1 heterocycles. The Morgan fingerprint density at radius 2 is 2.29 bits per heavy atom. The second-order valence-corrected chi connectivity index (χ2v) is 2.88. The molecule has 0 aliphatic heterocycles. The van der Waals surface area contributed by atoms with Crippen LogP contribution in [0.2, 0.25) is 0 Å². The molecule has 0 saturated carbocycles. The molecule has 68 valence electrons. The van der Waals surface area contributed by atoms with Crippen LogP contribution in [0.3, 0.4) is 0 Å². The zero-order chi connectivity index (χ0) is 10.1. The molecule has 0 bridgehead atoms. The lowest BCUT2D eigenvalue weighted by molar-refractivity contribution is 0.0699. The molecule has 2 rings (SSSR count). The highest BCUT2D eigenvalue weighted by molar-refractivity contribution is 6.03. The fourth-order valence-corrected chi connectivity index (χ4v) is 1.41. The number of aromatic carboxylic acids is 1. The van der Waals surface area contributed by atoms with Crippen LogP contribution in [0.5, 0.6) is 0 Å². The third-order valence-electron chi connectivity index (χ3n) is 2.03. The maximum absolute atomic E-state index is 10.9. The van der Waals surface area contributed by atoms with E-state index in [1.54, 1.807) is 18.3 Å². The Bertz CT molecular complexity index is 549. The molecule has 0 saturated heterocycles. The number of nitrogens with zero attached hydrogens (tertiary/aromatic N) is 1. The standard InChI is InChI=1S/C10H6N2O2/c11-5-6-3-8(10(13)14)7-1-2-12-9(7)4-6/h1-4,12H,(H,13,14). The Morgan fingerprint density at radius 3 is 2.93 bits per heavy atom. The summed E-state index contributed by atoms with van der Waals surface area (Å²) in [6.45, 7) is 0. The van der Waals surface area contributed by atoms with Gasteiger partial charge in [0.1, 0.15) is 0 Å². The Morgan fingerprint density at radius 1 is 1.50 bits per heavy atom. The van der Waals surface area contributed by atoms with E-state index in [9.17, 15) is 4.79 Å². The van der Waals surface area contributed by atoms with E-state index in [0.717, 1.165) is 0 Å². The van der Waals surface area contributed by atoms with Gasteiger partial charge in [-0.25, -0.2) is 4.79 Å². The number of hydrogen-bond acceptors (Lipinski definition) is 2. The SMILES string of the molecule is N#Cc1cc(C(=O)O)c2cc[nH]c2c1. The number of nitriles is 1. The minimum atomic E-state index is -1.02. The third kappa shape index (κ3) is 1.12. The van der Waals surface area contributed by atoms with Gasteiger partial charge in [0.15, 0.2) is 0 Å². The van der Waals surface area contributed by atoms with E-state index in [2.05, 4.69) is 4.98 Å². The van der Waals surface area contributed by atoms with Crippen molar-refractivity contribution in [2.75, 3.05) is 0 Å². The van der Waals surface area contributed by atoms with Crippen LogP contribution in [-0.4, -0.2) is 16.1 Å². The number of rotatable bonds is 1. The van der Waals surface area contributed by atoms with Gasteiger partial charge in [0, 0.05) is 17.1 Å². The quantitative estimate of drug-likeness (QED) is 0.712. The first-order chi connectivity index (χ1) is 6.72. The van der Waals surface area contributed by atoms with Crippen LogP contribution in [0.15, 0.2) is 24.4 Å². The van der Waals surface area contributed by atoms with E-state index >= 15 is 0 Å². The van der Waals surface area contributed by atoms with Crippen molar-refractivity contribution < 1.29 is 9.90 Å². The summed E-state index contributed by atoms with van der Waals surface area (Å²) in [6, 6.07) is 6.60. The maximum atomic E-state index is 10.9. The summed E-state index contributed by atoms with van der Waals surface area (Å²) in [5.41, 5.74) is 1.17. The van der Waals surface area contributed by atoms with Crippen molar-refractivity contribution >= 4 is 16.9 Å². The number of carboxylic acid groups (broad SMARTS) is 1. The van der Waals surface area contributed by atoms with Gasteiger partial charge < -0.3 is 10.1 Å². The normalized spacial score (nSPS) is 9.93. The number of H-pyrrole nitrogens is 1. The van der Waals surface area contributed by atoms with Gasteiger partial charge in [-0.3, -0.25) is 0 Å². The lowest BCUT2D eigenvalue weighted by Gasteiger charge is -1.97. The Kier molecular flexibility index (Phi) is 1.72. The second kappa shape index (κ2) is 2.89. The van der Waals surface area contributed by atoms with Crippen LogP contribution >= 0.6 is 0 Å². The zero-order valence-corrected chi connectivity index (χ0v) is 7.11. The molecule has 2 N–H and O–H groups in total. The van der Waals surface area contributed by atoms with Crippen LogP contribution in [0.1, 0.15) is 15.9 Å². The Labute approximate surface area is 79.4 Å². The molecule has 1 aromatic heterocycles. The van der Waals surface area contributed by atoms with E-state index in [1.165, 1.54) is 6.07 Å². The molecule has 1 aromatic carbocycles. The largest absolute Gasteiger partial charge is 0.478 e. The molecule has 2 aromatic rings. The van der Waals surface area contributed by atoms with E-state index in [-0.39, 0.29) is 5.56 Å². The predicted octanol–water partition coefficient (Wildman–Crippen LogP) is 1.74. The Balaban J connectivity index is 2.85. The summed E-state index contributed by atoms with van der Waals surface area (Å²) >= 11 is 0. The summed E-state index contributed by atoms with van der Waals surface area (Å²) in [4.78, 5) is 13.7. The summed E-state index contributed by atoms with van der Waals surface area (Å²) in [5, 5.41) is 18.2. The monoisotopic (exact) mass is 186 g/mol. The average Bonchev–Trinajstić information content (AvgIpc) is 2.63. The Hall–Kier alpha value is -2.28. The molecule has 0 atom stereocenters. The van der Waals surface area contributed by atoms with Gasteiger partial charge in [0.05, 0.1) is 17.2 Å². The molecule has 0 radical (unpaired) electrons. The van der Waals surface area contributed by atoms with Gasteiger partial charge >= 0.3 is 5.97 Å². The number of aromatic amines is 1. The van der Waals surface area contributed by atoms with Crippen LogP contribution in [-0.2, 0) is 0 Å². The number of fused-ring (bicyclic) bond motifs is 1. The molecular formula is C10H6N2O2. The number of hydrogen-bond donors (Lipinski definition) is 2. The van der Waals surface area contributed by atoms with Gasteiger partial charge in [-0.15, -0.1) is 0 Å². The molecule has 0 spiro atoms. The maximum Gasteiger partial charge on any atom is 0.336 e. The smallest absolute Gasteiger partial charge is 0.336 e. The first kappa shape index (κ1) is 8.32. The fraction of sp³-hybridized carbons (Fsp3) is 0. The minimum absolute atomic E-state index is 0.153. The number of nitrogens with one attached hydrogen (secondary N) is 1. The van der Waals surface area contributed by atoms with Gasteiger partial charge in [0.2, 0.25) is 0 Å². The van der Waals surface area contributed by atoms with E-state index < -0.39 is 5.97 Å². The first-order valence-electron chi connectivity index (χ1n) is 3.97. The van der Waals surface area contributed by atoms with Crippen LogP contribution in [0, 0.1) is 11.3 Å². The minimum Gasteiger partial charge on any atom is -0.478 e. The molecule has 4 nitrogen and oxygen atoms in total. The lowest BCUT2D eigenvalue weighted by atomic mass is 10.1. The van der Waals surface area contributed by atoms with Gasteiger partial charge in [-0.05, 0) is 18.2 Å². The first-order valence-corrected chi connectivity index (χ1v) is 3.97. The third-order valence-corrected chi connectivity index (χ3v) is 2.03. The fourth-order valence-electron chi connectivity index (χ4n) is 1.41. The van der Waals surface area contributed by atoms with Gasteiger partial charge in [-0.2, -0.15) is 5.26 Å². The topological polar surface area (TPSA) is 76.9 Å². The van der Waals surface area contributed by atoms with Crippen molar-refractivity contribution in [1.82, 2.24) is 4.98 Å². The zero-order valence-electron chi connectivity index (χ0n) is 7.11. The van der Waals surface area contributed by atoms with E-state index in [1.807, 2.05) is 6.07 Å². The number of benzene rings is 1. The van der Waals surface area contributed by atoms with E-state index in [0.29, 0.717) is 16.5 Å². The highest BCUT2D eigenvalue weighted by Gasteiger charge is 2.10. The highest BCUT2D eigenvalue weighted by atomic mass is 16.4. The van der Waals surface area contributed by atoms with Crippen molar-refractivity contribution in [2.45, 2.75) is 0 Å². The molecule has 0 fully saturated rings. The van der Waals surface area contributed by atoms with Crippen molar-refractivity contribution in [1.29, 1.82) is 5.26 Å². The lowest BCUT2D eigenvalue weighted by Crippen LogP contribution is -1.97. The summed E-state index contributed by atoms with van der Waals surface area (Å²) in [6.07, 6.45) is 1.65. The number of carboxylic acids is 1. The second-order valence-electron chi connectivity index (χ2n) is 2.88. The molecule has 0 amide bonds. The van der Waals surface area contributed by atoms with Gasteiger partial charge in [-0.1, -0.05) is 0 Å². The average molecular weight is 186 g/mol.